The van der Waals surface area contributed by atoms with Crippen LogP contribution in [0.1, 0.15) is 24.0 Å². The van der Waals surface area contributed by atoms with Crippen molar-refractivity contribution in [2.45, 2.75) is 25.3 Å². The van der Waals surface area contributed by atoms with Crippen LogP contribution < -0.4 is 9.47 Å². The zero-order chi connectivity index (χ0) is 13.3. The summed E-state index contributed by atoms with van der Waals surface area (Å²) in [6.07, 6.45) is 3.39. The van der Waals surface area contributed by atoms with Gasteiger partial charge in [0, 0.05) is 15.6 Å². The molecule has 0 radical (unpaired) electrons. The molecule has 0 atom stereocenters. The highest BCUT2D eigenvalue weighted by Crippen LogP contribution is 2.55. The molecule has 0 bridgehead atoms. The van der Waals surface area contributed by atoms with Crippen molar-refractivity contribution in [2.24, 2.45) is 4.99 Å². The highest BCUT2D eigenvalue weighted by Gasteiger charge is 2.47. The molecule has 1 aromatic rings. The van der Waals surface area contributed by atoms with Crippen LogP contribution in [0, 0.1) is 6.92 Å². The minimum atomic E-state index is -0.426. The van der Waals surface area contributed by atoms with Crippen LogP contribution >= 0.6 is 15.9 Å². The summed E-state index contributed by atoms with van der Waals surface area (Å²) in [7, 11) is 3.20. The van der Waals surface area contributed by atoms with E-state index in [0.29, 0.717) is 11.5 Å². The van der Waals surface area contributed by atoms with E-state index in [1.165, 1.54) is 0 Å². The molecule has 1 aromatic carbocycles. The van der Waals surface area contributed by atoms with E-state index < -0.39 is 5.54 Å². The second kappa shape index (κ2) is 4.75. The zero-order valence-corrected chi connectivity index (χ0v) is 12.1. The van der Waals surface area contributed by atoms with Gasteiger partial charge in [-0.2, -0.15) is 4.99 Å². The third-order valence-electron chi connectivity index (χ3n) is 3.31. The molecule has 0 heterocycles. The number of rotatable bonds is 4. The molecule has 0 amide bonds. The monoisotopic (exact) mass is 311 g/mol. The standard InChI is InChI=1S/C13H14BrNO3/c1-8-11(13(4-5-13)15-7-16)9(14)6-10(17-2)12(8)18-3/h6H,4-5H2,1-3H3. The summed E-state index contributed by atoms with van der Waals surface area (Å²) in [5, 5.41) is 0. The number of halogens is 1. The number of hydrogen-bond donors (Lipinski definition) is 0. The topological polar surface area (TPSA) is 47.9 Å². The number of nitrogens with zero attached hydrogens (tertiary/aromatic N) is 1. The number of hydrogen-bond acceptors (Lipinski definition) is 4. The van der Waals surface area contributed by atoms with Crippen LogP contribution in [0.2, 0.25) is 0 Å². The predicted octanol–water partition coefficient (Wildman–Crippen LogP) is 3.10. The molecule has 1 aliphatic carbocycles. The number of aliphatic imine (C=N–C) groups is 1. The van der Waals surface area contributed by atoms with Crippen LogP contribution in [0.15, 0.2) is 15.5 Å². The molecule has 0 N–H and O–H groups in total. The molecule has 4 nitrogen and oxygen atoms in total. The molecule has 0 spiro atoms. The highest BCUT2D eigenvalue weighted by molar-refractivity contribution is 9.10. The first-order valence-corrected chi connectivity index (χ1v) is 6.39. The predicted molar refractivity (Wildman–Crippen MR) is 71.0 cm³/mol. The average molecular weight is 312 g/mol. The van der Waals surface area contributed by atoms with E-state index in [2.05, 4.69) is 20.9 Å². The Morgan fingerprint density at radius 1 is 1.39 bits per heavy atom. The Balaban J connectivity index is 2.65. The quantitative estimate of drug-likeness (QED) is 0.634. The average Bonchev–Trinajstić information content (AvgIpc) is 3.09. The summed E-state index contributed by atoms with van der Waals surface area (Å²) < 4.78 is 11.5. The number of ether oxygens (including phenoxy) is 2. The molecule has 96 valence electrons. The van der Waals surface area contributed by atoms with Crippen LogP contribution in [0.3, 0.4) is 0 Å². The van der Waals surface area contributed by atoms with Gasteiger partial charge in [0.25, 0.3) is 0 Å². The van der Waals surface area contributed by atoms with Gasteiger partial charge < -0.3 is 9.47 Å². The van der Waals surface area contributed by atoms with Crippen LogP contribution in [0.5, 0.6) is 11.5 Å². The first-order chi connectivity index (χ1) is 8.59. The Morgan fingerprint density at radius 3 is 2.50 bits per heavy atom. The molecule has 0 aromatic heterocycles. The van der Waals surface area contributed by atoms with Gasteiger partial charge >= 0.3 is 0 Å². The second-order valence-electron chi connectivity index (χ2n) is 4.33. The first kappa shape index (κ1) is 13.1. The normalized spacial score (nSPS) is 15.8. The van der Waals surface area contributed by atoms with Crippen molar-refractivity contribution in [3.8, 4) is 11.5 Å². The lowest BCUT2D eigenvalue weighted by molar-refractivity contribution is 0.351. The van der Waals surface area contributed by atoms with Crippen molar-refractivity contribution in [3.05, 3.63) is 21.7 Å². The highest BCUT2D eigenvalue weighted by atomic mass is 79.9. The van der Waals surface area contributed by atoms with Crippen molar-refractivity contribution in [2.75, 3.05) is 14.2 Å². The maximum Gasteiger partial charge on any atom is 0.235 e. The molecule has 2 rings (SSSR count). The van der Waals surface area contributed by atoms with Gasteiger partial charge in [-0.25, -0.2) is 4.79 Å². The van der Waals surface area contributed by atoms with Gasteiger partial charge in [-0.05, 0) is 25.8 Å². The summed E-state index contributed by atoms with van der Waals surface area (Å²) in [6.45, 7) is 1.95. The Labute approximate surface area is 114 Å². The lowest BCUT2D eigenvalue weighted by Gasteiger charge is -2.19. The lowest BCUT2D eigenvalue weighted by atomic mass is 9.98. The number of carbonyl (C=O) groups excluding carboxylic acids is 1. The maximum absolute atomic E-state index is 10.6. The van der Waals surface area contributed by atoms with E-state index in [-0.39, 0.29) is 0 Å². The van der Waals surface area contributed by atoms with Gasteiger partial charge in [-0.1, -0.05) is 15.9 Å². The summed E-state index contributed by atoms with van der Waals surface area (Å²) >= 11 is 3.52. The third-order valence-corrected chi connectivity index (χ3v) is 3.93. The number of benzene rings is 1. The van der Waals surface area contributed by atoms with E-state index in [4.69, 9.17) is 9.47 Å². The Morgan fingerprint density at radius 2 is 2.06 bits per heavy atom. The fraction of sp³-hybridized carbons (Fsp3) is 0.462. The third kappa shape index (κ3) is 1.93. The number of methoxy groups -OCH3 is 2. The zero-order valence-electron chi connectivity index (χ0n) is 10.5. The molecule has 0 unspecified atom stereocenters. The Hall–Kier alpha value is -1.32. The van der Waals surface area contributed by atoms with Crippen molar-refractivity contribution in [1.82, 2.24) is 0 Å². The summed E-state index contributed by atoms with van der Waals surface area (Å²) in [4.78, 5) is 14.5. The van der Waals surface area contributed by atoms with Crippen LogP contribution in [0.4, 0.5) is 0 Å². The molecule has 1 saturated carbocycles. The van der Waals surface area contributed by atoms with E-state index in [0.717, 1.165) is 28.4 Å². The van der Waals surface area contributed by atoms with Crippen LogP contribution in [-0.4, -0.2) is 20.3 Å². The van der Waals surface area contributed by atoms with Gasteiger partial charge in [-0.15, -0.1) is 0 Å². The fourth-order valence-corrected chi connectivity index (χ4v) is 3.20. The van der Waals surface area contributed by atoms with E-state index in [1.807, 2.05) is 13.0 Å². The van der Waals surface area contributed by atoms with Crippen molar-refractivity contribution < 1.29 is 14.3 Å². The summed E-state index contributed by atoms with van der Waals surface area (Å²) in [5.74, 6) is 1.35. The van der Waals surface area contributed by atoms with E-state index in [1.54, 1.807) is 20.3 Å². The Bertz CT molecular complexity index is 532. The smallest absolute Gasteiger partial charge is 0.235 e. The van der Waals surface area contributed by atoms with Crippen molar-refractivity contribution in [1.29, 1.82) is 0 Å². The molecule has 0 saturated heterocycles. The molecule has 1 fully saturated rings. The van der Waals surface area contributed by atoms with E-state index in [9.17, 15) is 4.79 Å². The first-order valence-electron chi connectivity index (χ1n) is 5.60. The summed E-state index contributed by atoms with van der Waals surface area (Å²) in [5.41, 5.74) is 1.51. The van der Waals surface area contributed by atoms with Gasteiger partial charge in [0.1, 0.15) is 0 Å². The number of isocyanates is 1. The molecular weight excluding hydrogens is 298 g/mol. The molecule has 1 aliphatic rings. The Kier molecular flexibility index (Phi) is 3.46. The molecule has 18 heavy (non-hydrogen) atoms. The van der Waals surface area contributed by atoms with Crippen molar-refractivity contribution >= 4 is 22.0 Å². The minimum absolute atomic E-state index is 0.426. The second-order valence-corrected chi connectivity index (χ2v) is 5.18. The largest absolute Gasteiger partial charge is 0.493 e. The van der Waals surface area contributed by atoms with Gasteiger partial charge in [0.05, 0.1) is 19.8 Å². The lowest BCUT2D eigenvalue weighted by Crippen LogP contribution is -2.08. The molecule has 0 aliphatic heterocycles. The van der Waals surface area contributed by atoms with Gasteiger partial charge in [0.15, 0.2) is 11.5 Å². The molecule has 5 heteroatoms. The van der Waals surface area contributed by atoms with E-state index >= 15 is 0 Å². The van der Waals surface area contributed by atoms with Crippen LogP contribution in [0.25, 0.3) is 0 Å². The maximum atomic E-state index is 10.6. The van der Waals surface area contributed by atoms with Gasteiger partial charge in [-0.3, -0.25) is 0 Å². The molecular formula is C13H14BrNO3. The fourth-order valence-electron chi connectivity index (χ4n) is 2.33. The SMILES string of the molecule is COc1cc(Br)c(C2(N=C=O)CC2)c(C)c1OC. The van der Waals surface area contributed by atoms with Gasteiger partial charge in [0.2, 0.25) is 6.08 Å². The minimum Gasteiger partial charge on any atom is -0.493 e. The van der Waals surface area contributed by atoms with Crippen molar-refractivity contribution in [3.63, 3.8) is 0 Å². The van der Waals surface area contributed by atoms with Crippen LogP contribution in [-0.2, 0) is 10.3 Å². The summed E-state index contributed by atoms with van der Waals surface area (Å²) in [6, 6.07) is 1.85.